The number of likely N-dealkylation sites (N-methyl/N-ethyl adjacent to an activating group) is 2. The smallest absolute Gasteiger partial charge is 0.311 e. The highest BCUT2D eigenvalue weighted by atomic mass is 16.7. The van der Waals surface area contributed by atoms with Crippen LogP contribution in [-0.2, 0) is 33.2 Å². The van der Waals surface area contributed by atoms with E-state index in [1.807, 2.05) is 51.7 Å². The molecule has 52 heavy (non-hydrogen) atoms. The molecule has 0 radical (unpaired) electrons. The molecule has 0 aromatic rings. The maximum Gasteiger partial charge on any atom is 0.311 e. The average molecular weight is 749 g/mol. The lowest BCUT2D eigenvalue weighted by Crippen LogP contribution is -2.60. The number of nitrogens with zero attached hydrogens (tertiary/aromatic N) is 2. The molecule has 0 saturated carbocycles. The molecule has 14 nitrogen and oxygen atoms in total. The van der Waals surface area contributed by atoms with Crippen LogP contribution < -0.4 is 0 Å². The van der Waals surface area contributed by atoms with Crippen LogP contribution in [-0.4, -0.2) is 166 Å². The van der Waals surface area contributed by atoms with Crippen LogP contribution in [0.3, 0.4) is 0 Å². The molecule has 0 aromatic carbocycles. The number of rotatable bonds is 7. The summed E-state index contributed by atoms with van der Waals surface area (Å²) in [6, 6.07) is -0.808. The number of aliphatic hydroxyl groups is 5. The number of cyclic esters (lactones) is 1. The van der Waals surface area contributed by atoms with E-state index in [1.165, 1.54) is 14.0 Å². The lowest BCUT2D eigenvalue weighted by molar-refractivity contribution is -0.318. The van der Waals surface area contributed by atoms with Gasteiger partial charge in [0, 0.05) is 38.1 Å². The molecule has 0 aromatic heterocycles. The Kier molecular flexibility index (Phi) is 15.6. The zero-order valence-corrected chi connectivity index (χ0v) is 34.2. The van der Waals surface area contributed by atoms with Gasteiger partial charge in [0.15, 0.2) is 12.6 Å². The Hall–Kier alpha value is -1.01. The lowest BCUT2D eigenvalue weighted by atomic mass is 9.77. The van der Waals surface area contributed by atoms with Gasteiger partial charge in [-0.1, -0.05) is 20.8 Å². The van der Waals surface area contributed by atoms with Crippen molar-refractivity contribution in [3.05, 3.63) is 0 Å². The lowest BCUT2D eigenvalue weighted by Gasteiger charge is -2.48. The first kappa shape index (κ1) is 45.4. The Labute approximate surface area is 312 Å². The van der Waals surface area contributed by atoms with Crippen LogP contribution >= 0.6 is 0 Å². The van der Waals surface area contributed by atoms with E-state index in [0.29, 0.717) is 13.0 Å². The molecular formula is C38H72N2O12. The third-order valence-electron chi connectivity index (χ3n) is 12.2. The maximum absolute atomic E-state index is 14.2. The number of aliphatic hydroxyl groups excluding tert-OH is 3. The Morgan fingerprint density at radius 1 is 0.942 bits per heavy atom. The molecule has 0 bridgehead atoms. The van der Waals surface area contributed by atoms with Gasteiger partial charge in [0.1, 0.15) is 30.0 Å². The van der Waals surface area contributed by atoms with Crippen molar-refractivity contribution in [1.29, 1.82) is 0 Å². The van der Waals surface area contributed by atoms with Gasteiger partial charge in [-0.2, -0.15) is 0 Å². The summed E-state index contributed by atoms with van der Waals surface area (Å²) in [6.07, 6.45) is -8.19. The monoisotopic (exact) mass is 749 g/mol. The predicted molar refractivity (Wildman–Crippen MR) is 194 cm³/mol. The SMILES string of the molecule is CC[C@@H]1OC(=O)[C@H](C)[C@H](O[C@@H]2C[C@](C)(OC)[C@H](O)[C@H](C)O2)[C@H](C)[C@H](O[C@@H]2O[C@H](C)C[C@H](N(C)C)[C@@H]2O)[C@](C)(O)C[C@H](C)CN(C)[C@H](C)[C@@H](O)[C@@]1(C)O. The number of carbonyl (C=O) groups is 1. The largest absolute Gasteiger partial charge is 0.459 e. The molecule has 306 valence electrons. The fourth-order valence-corrected chi connectivity index (χ4v) is 8.74. The van der Waals surface area contributed by atoms with Crippen molar-refractivity contribution >= 4 is 5.97 Å². The van der Waals surface area contributed by atoms with E-state index in [1.54, 1.807) is 41.5 Å². The van der Waals surface area contributed by atoms with Crippen LogP contribution in [0.25, 0.3) is 0 Å². The third-order valence-corrected chi connectivity index (χ3v) is 12.2. The van der Waals surface area contributed by atoms with Gasteiger partial charge in [-0.15, -0.1) is 0 Å². The topological polar surface area (TPSA) is 180 Å². The van der Waals surface area contributed by atoms with Gasteiger partial charge >= 0.3 is 5.97 Å². The van der Waals surface area contributed by atoms with Crippen molar-refractivity contribution in [2.24, 2.45) is 17.8 Å². The molecule has 3 aliphatic heterocycles. The minimum Gasteiger partial charge on any atom is -0.459 e. The molecule has 0 spiro atoms. The van der Waals surface area contributed by atoms with Crippen LogP contribution in [0, 0.1) is 17.8 Å². The van der Waals surface area contributed by atoms with E-state index in [4.69, 9.17) is 28.4 Å². The van der Waals surface area contributed by atoms with Gasteiger partial charge in [-0.05, 0) is 94.8 Å². The number of esters is 1. The number of methoxy groups -OCH3 is 1. The van der Waals surface area contributed by atoms with Crippen molar-refractivity contribution in [3.63, 3.8) is 0 Å². The van der Waals surface area contributed by atoms with Crippen LogP contribution in [0.15, 0.2) is 0 Å². The van der Waals surface area contributed by atoms with E-state index < -0.39 is 96.0 Å². The maximum atomic E-state index is 14.2. The third kappa shape index (κ3) is 10.0. The molecular weight excluding hydrogens is 676 g/mol. The van der Waals surface area contributed by atoms with Crippen LogP contribution in [0.5, 0.6) is 0 Å². The summed E-state index contributed by atoms with van der Waals surface area (Å²) in [5.41, 5.74) is -4.37. The fourth-order valence-electron chi connectivity index (χ4n) is 8.74. The Bertz CT molecular complexity index is 1140. The van der Waals surface area contributed by atoms with Crippen molar-refractivity contribution in [2.45, 2.75) is 185 Å². The predicted octanol–water partition coefficient (Wildman–Crippen LogP) is 1.90. The molecule has 3 fully saturated rings. The van der Waals surface area contributed by atoms with Crippen molar-refractivity contribution in [1.82, 2.24) is 9.80 Å². The summed E-state index contributed by atoms with van der Waals surface area (Å²) in [5.74, 6) is -2.58. The van der Waals surface area contributed by atoms with Crippen molar-refractivity contribution < 1.29 is 58.7 Å². The van der Waals surface area contributed by atoms with Crippen LogP contribution in [0.1, 0.15) is 94.9 Å². The summed E-state index contributed by atoms with van der Waals surface area (Å²) in [6.45, 7) is 18.0. The number of hydrogen-bond acceptors (Lipinski definition) is 14. The minimum absolute atomic E-state index is 0.133. The van der Waals surface area contributed by atoms with Gasteiger partial charge in [-0.3, -0.25) is 4.79 Å². The highest BCUT2D eigenvalue weighted by Gasteiger charge is 2.52. The summed E-state index contributed by atoms with van der Waals surface area (Å²) >= 11 is 0. The van der Waals surface area contributed by atoms with E-state index in [2.05, 4.69) is 0 Å². The number of ether oxygens (including phenoxy) is 6. The summed E-state index contributed by atoms with van der Waals surface area (Å²) < 4.78 is 37.5. The van der Waals surface area contributed by atoms with Gasteiger partial charge in [-0.25, -0.2) is 0 Å². The molecule has 14 heteroatoms. The summed E-state index contributed by atoms with van der Waals surface area (Å²) in [7, 11) is 7.12. The quantitative estimate of drug-likeness (QED) is 0.238. The zero-order valence-electron chi connectivity index (χ0n) is 34.2. The van der Waals surface area contributed by atoms with Gasteiger partial charge in [0.2, 0.25) is 0 Å². The Morgan fingerprint density at radius 3 is 2.12 bits per heavy atom. The first-order chi connectivity index (χ1) is 23.9. The zero-order chi connectivity index (χ0) is 39.7. The molecule has 0 amide bonds. The average Bonchev–Trinajstić information content (AvgIpc) is 3.05. The van der Waals surface area contributed by atoms with E-state index in [0.717, 1.165) is 0 Å². The second-order valence-electron chi connectivity index (χ2n) is 17.2. The Balaban J connectivity index is 2.17. The molecule has 3 saturated heterocycles. The van der Waals surface area contributed by atoms with E-state index in [-0.39, 0.29) is 37.3 Å². The number of carbonyl (C=O) groups excluding carboxylic acids is 1. The van der Waals surface area contributed by atoms with Gasteiger partial charge in [0.25, 0.3) is 0 Å². The summed E-state index contributed by atoms with van der Waals surface area (Å²) in [5, 5.41) is 58.1. The highest BCUT2D eigenvalue weighted by molar-refractivity contribution is 5.73. The first-order valence-electron chi connectivity index (χ1n) is 19.1. The molecule has 18 atom stereocenters. The minimum atomic E-state index is -1.80. The van der Waals surface area contributed by atoms with Crippen LogP contribution in [0.4, 0.5) is 0 Å². The summed E-state index contributed by atoms with van der Waals surface area (Å²) in [4.78, 5) is 18.0. The highest BCUT2D eigenvalue weighted by Crippen LogP contribution is 2.40. The van der Waals surface area contributed by atoms with Crippen molar-refractivity contribution in [2.75, 3.05) is 34.8 Å². The van der Waals surface area contributed by atoms with Crippen molar-refractivity contribution in [3.8, 4) is 0 Å². The second-order valence-corrected chi connectivity index (χ2v) is 17.2. The Morgan fingerprint density at radius 2 is 1.56 bits per heavy atom. The van der Waals surface area contributed by atoms with Crippen LogP contribution in [0.2, 0.25) is 0 Å². The molecule has 5 N–H and O–H groups in total. The fraction of sp³-hybridized carbons (Fsp3) is 0.974. The normalized spacial score (nSPS) is 49.6. The standard InChI is InChI=1S/C38H72N2O12/c1-15-27-38(10,46)31(42)24(6)40(13)19-20(2)17-36(8,45)33(52-35-29(41)26(39(11)12)16-21(3)48-35)22(4)30(23(5)34(44)50-27)51-28-18-37(9,47-14)32(43)25(7)49-28/h20-33,35,41-43,45-46H,15-19H2,1-14H3/t20-,21+,22-,23+,24+,25-,26-,27-,28+,29-,30+,31+,32+,33-,35-,36+,37-,38-/m0/s1. The molecule has 3 aliphatic rings. The molecule has 0 aliphatic carbocycles. The number of hydrogen-bond donors (Lipinski definition) is 5. The first-order valence-corrected chi connectivity index (χ1v) is 19.1. The van der Waals surface area contributed by atoms with E-state index >= 15 is 0 Å². The molecule has 3 heterocycles. The van der Waals surface area contributed by atoms with E-state index in [9.17, 15) is 30.3 Å². The molecule has 0 unspecified atom stereocenters. The van der Waals surface area contributed by atoms with Gasteiger partial charge < -0.3 is 63.8 Å². The van der Waals surface area contributed by atoms with Gasteiger partial charge in [0.05, 0.1) is 41.5 Å². The second kappa shape index (κ2) is 17.8. The molecule has 3 rings (SSSR count).